The zero-order chi connectivity index (χ0) is 11.1. The highest BCUT2D eigenvalue weighted by atomic mass is 16.2. The molecular formula is C12H24N2O. The van der Waals surface area contributed by atoms with E-state index in [9.17, 15) is 4.79 Å². The molecule has 1 atom stereocenters. The molecule has 0 aliphatic carbocycles. The van der Waals surface area contributed by atoms with Gasteiger partial charge in [-0.15, -0.1) is 0 Å². The van der Waals surface area contributed by atoms with Crippen LogP contribution in [-0.2, 0) is 4.79 Å². The fourth-order valence-corrected chi connectivity index (χ4v) is 1.93. The van der Waals surface area contributed by atoms with Crippen LogP contribution in [0, 0.1) is 5.92 Å². The van der Waals surface area contributed by atoms with Crippen molar-refractivity contribution in [2.24, 2.45) is 5.92 Å². The van der Waals surface area contributed by atoms with E-state index in [1.807, 2.05) is 4.90 Å². The maximum absolute atomic E-state index is 11.7. The molecular weight excluding hydrogens is 188 g/mol. The Hall–Kier alpha value is -0.570. The summed E-state index contributed by atoms with van der Waals surface area (Å²) in [7, 11) is 0. The van der Waals surface area contributed by atoms with Gasteiger partial charge in [0.15, 0.2) is 0 Å². The quantitative estimate of drug-likeness (QED) is 0.703. The number of amides is 1. The molecule has 1 heterocycles. The number of nitrogens with zero attached hydrogens (tertiary/aromatic N) is 1. The molecule has 88 valence electrons. The number of hydrogen-bond acceptors (Lipinski definition) is 2. The van der Waals surface area contributed by atoms with Crippen molar-refractivity contribution in [3.8, 4) is 0 Å². The predicted octanol–water partition coefficient (Wildman–Crippen LogP) is 1.63. The van der Waals surface area contributed by atoms with Crippen LogP contribution in [0.1, 0.15) is 39.5 Å². The van der Waals surface area contributed by atoms with Crippen molar-refractivity contribution in [1.29, 1.82) is 0 Å². The maximum atomic E-state index is 11.7. The molecule has 1 rings (SSSR count). The molecule has 0 bridgehead atoms. The summed E-state index contributed by atoms with van der Waals surface area (Å²) in [5, 5.41) is 3.34. The monoisotopic (exact) mass is 212 g/mol. The molecule has 0 aromatic heterocycles. The van der Waals surface area contributed by atoms with Crippen molar-refractivity contribution < 1.29 is 4.79 Å². The first kappa shape index (κ1) is 12.5. The Balaban J connectivity index is 2.23. The molecule has 1 amide bonds. The van der Waals surface area contributed by atoms with Crippen LogP contribution in [0.2, 0.25) is 0 Å². The van der Waals surface area contributed by atoms with Gasteiger partial charge in [-0.1, -0.05) is 13.8 Å². The Morgan fingerprint density at radius 2 is 2.20 bits per heavy atom. The van der Waals surface area contributed by atoms with Crippen LogP contribution in [0.15, 0.2) is 0 Å². The van der Waals surface area contributed by atoms with Gasteiger partial charge < -0.3 is 10.2 Å². The van der Waals surface area contributed by atoms with Gasteiger partial charge in [0.25, 0.3) is 0 Å². The second-order valence-corrected chi connectivity index (χ2v) is 4.56. The van der Waals surface area contributed by atoms with Crippen LogP contribution in [0.5, 0.6) is 0 Å². The lowest BCUT2D eigenvalue weighted by molar-refractivity contribution is -0.130. The van der Waals surface area contributed by atoms with Gasteiger partial charge in [0.05, 0.1) is 0 Å². The Kier molecular flexibility index (Phi) is 5.69. The fraction of sp³-hybridized carbons (Fsp3) is 0.917. The lowest BCUT2D eigenvalue weighted by Gasteiger charge is -2.20. The highest BCUT2D eigenvalue weighted by Crippen LogP contribution is 2.16. The van der Waals surface area contributed by atoms with Crippen LogP contribution in [-0.4, -0.2) is 37.0 Å². The first-order valence-corrected chi connectivity index (χ1v) is 6.22. The molecule has 3 heteroatoms. The van der Waals surface area contributed by atoms with E-state index in [0.717, 1.165) is 45.4 Å². The van der Waals surface area contributed by atoms with Crippen molar-refractivity contribution in [3.63, 3.8) is 0 Å². The second-order valence-electron chi connectivity index (χ2n) is 4.56. The Morgan fingerprint density at radius 3 is 2.93 bits per heavy atom. The number of carbonyl (C=O) groups excluding carboxylic acids is 1. The average molecular weight is 212 g/mol. The van der Waals surface area contributed by atoms with E-state index < -0.39 is 0 Å². The largest absolute Gasteiger partial charge is 0.341 e. The fourth-order valence-electron chi connectivity index (χ4n) is 1.93. The standard InChI is InChI=1S/C12H24N2O/c1-3-7-13-8-10-14-9-6-11(2)4-5-12(14)15/h11,13H,3-10H2,1-2H3. The number of hydrogen-bond donors (Lipinski definition) is 1. The summed E-state index contributed by atoms with van der Waals surface area (Å²) in [5.41, 5.74) is 0. The van der Waals surface area contributed by atoms with Gasteiger partial charge >= 0.3 is 0 Å². The van der Waals surface area contributed by atoms with E-state index >= 15 is 0 Å². The molecule has 0 aromatic carbocycles. The number of nitrogens with one attached hydrogen (secondary N) is 1. The van der Waals surface area contributed by atoms with Gasteiger partial charge in [-0.05, 0) is 31.7 Å². The molecule has 1 aliphatic heterocycles. The summed E-state index contributed by atoms with van der Waals surface area (Å²) in [6.45, 7) is 8.23. The zero-order valence-electron chi connectivity index (χ0n) is 10.1. The molecule has 0 radical (unpaired) electrons. The molecule has 1 aliphatic rings. The van der Waals surface area contributed by atoms with Crippen molar-refractivity contribution in [2.45, 2.75) is 39.5 Å². The van der Waals surface area contributed by atoms with E-state index in [1.54, 1.807) is 0 Å². The second kappa shape index (κ2) is 6.83. The minimum absolute atomic E-state index is 0.345. The maximum Gasteiger partial charge on any atom is 0.222 e. The van der Waals surface area contributed by atoms with E-state index in [-0.39, 0.29) is 0 Å². The topological polar surface area (TPSA) is 32.3 Å². The van der Waals surface area contributed by atoms with Crippen molar-refractivity contribution in [2.75, 3.05) is 26.2 Å². The minimum Gasteiger partial charge on any atom is -0.341 e. The molecule has 0 aromatic rings. The van der Waals surface area contributed by atoms with Crippen LogP contribution >= 0.6 is 0 Å². The van der Waals surface area contributed by atoms with Gasteiger partial charge in [0.2, 0.25) is 5.91 Å². The lowest BCUT2D eigenvalue weighted by atomic mass is 10.0. The van der Waals surface area contributed by atoms with E-state index in [4.69, 9.17) is 0 Å². The predicted molar refractivity (Wildman–Crippen MR) is 62.8 cm³/mol. The third-order valence-electron chi connectivity index (χ3n) is 3.08. The highest BCUT2D eigenvalue weighted by molar-refractivity contribution is 5.76. The van der Waals surface area contributed by atoms with E-state index in [1.165, 1.54) is 6.42 Å². The summed E-state index contributed by atoms with van der Waals surface area (Å²) >= 11 is 0. The van der Waals surface area contributed by atoms with Crippen LogP contribution in [0.3, 0.4) is 0 Å². The summed E-state index contributed by atoms with van der Waals surface area (Å²) in [6, 6.07) is 0. The third kappa shape index (κ3) is 4.65. The van der Waals surface area contributed by atoms with E-state index in [0.29, 0.717) is 11.8 Å². The Morgan fingerprint density at radius 1 is 1.40 bits per heavy atom. The molecule has 1 unspecified atom stereocenters. The van der Waals surface area contributed by atoms with Gasteiger partial charge in [0.1, 0.15) is 0 Å². The summed E-state index contributed by atoms with van der Waals surface area (Å²) in [6.07, 6.45) is 4.14. The average Bonchev–Trinajstić information content (AvgIpc) is 2.38. The van der Waals surface area contributed by atoms with Crippen LogP contribution in [0.4, 0.5) is 0 Å². The highest BCUT2D eigenvalue weighted by Gasteiger charge is 2.19. The van der Waals surface area contributed by atoms with E-state index in [2.05, 4.69) is 19.2 Å². The van der Waals surface area contributed by atoms with Gasteiger partial charge in [-0.25, -0.2) is 0 Å². The molecule has 0 saturated carbocycles. The number of carbonyl (C=O) groups is 1. The first-order chi connectivity index (χ1) is 7.24. The lowest BCUT2D eigenvalue weighted by Crippen LogP contribution is -2.36. The Bertz CT molecular complexity index is 194. The van der Waals surface area contributed by atoms with Gasteiger partial charge in [-0.2, -0.15) is 0 Å². The van der Waals surface area contributed by atoms with Crippen molar-refractivity contribution in [1.82, 2.24) is 10.2 Å². The normalized spacial score (nSPS) is 22.9. The molecule has 1 saturated heterocycles. The first-order valence-electron chi connectivity index (χ1n) is 6.22. The zero-order valence-corrected chi connectivity index (χ0v) is 10.1. The smallest absolute Gasteiger partial charge is 0.222 e. The molecule has 0 spiro atoms. The van der Waals surface area contributed by atoms with Crippen LogP contribution < -0.4 is 5.32 Å². The molecule has 1 fully saturated rings. The summed E-state index contributed by atoms with van der Waals surface area (Å²) in [5.74, 6) is 1.06. The van der Waals surface area contributed by atoms with Crippen molar-refractivity contribution in [3.05, 3.63) is 0 Å². The molecule has 3 nitrogen and oxygen atoms in total. The number of rotatable bonds is 5. The molecule has 1 N–H and O–H groups in total. The number of likely N-dealkylation sites (tertiary alicyclic amines) is 1. The summed E-state index contributed by atoms with van der Waals surface area (Å²) in [4.78, 5) is 13.7. The van der Waals surface area contributed by atoms with Gasteiger partial charge in [-0.3, -0.25) is 4.79 Å². The third-order valence-corrected chi connectivity index (χ3v) is 3.08. The van der Waals surface area contributed by atoms with Crippen LogP contribution in [0.25, 0.3) is 0 Å². The SMILES string of the molecule is CCCNCCN1CCC(C)CCC1=O. The minimum atomic E-state index is 0.345. The Labute approximate surface area is 93.2 Å². The van der Waals surface area contributed by atoms with Gasteiger partial charge in [0, 0.05) is 26.1 Å². The van der Waals surface area contributed by atoms with Crippen molar-refractivity contribution >= 4 is 5.91 Å². The summed E-state index contributed by atoms with van der Waals surface area (Å²) < 4.78 is 0. The molecule has 15 heavy (non-hydrogen) atoms.